The number of hydrogen-bond acceptors (Lipinski definition) is 5. The third-order valence-corrected chi connectivity index (χ3v) is 6.30. The van der Waals surface area contributed by atoms with Crippen LogP contribution >= 0.6 is 0 Å². The summed E-state index contributed by atoms with van der Waals surface area (Å²) in [5.74, 6) is 2.82. The molecule has 6 rings (SSSR count). The Bertz CT molecular complexity index is 1590. The molecule has 1 N–H and O–H groups in total. The summed E-state index contributed by atoms with van der Waals surface area (Å²) in [6, 6.07) is 8.09. The Balaban J connectivity index is 1.55. The molecule has 1 aromatic carbocycles. The molecule has 0 atom stereocenters. The van der Waals surface area contributed by atoms with Crippen molar-refractivity contribution in [1.82, 2.24) is 29.1 Å². The molecule has 5 aromatic rings. The van der Waals surface area contributed by atoms with Crippen molar-refractivity contribution in [1.29, 1.82) is 0 Å². The van der Waals surface area contributed by atoms with Crippen LogP contribution in [0.3, 0.4) is 0 Å². The van der Waals surface area contributed by atoms with Gasteiger partial charge in [0.05, 0.1) is 41.2 Å². The topological polar surface area (TPSA) is 90.6 Å². The maximum atomic E-state index is 13.2. The Kier molecular flexibility index (Phi) is 4.36. The smallest absolute Gasteiger partial charge is 0.334 e. The van der Waals surface area contributed by atoms with Crippen LogP contribution in [0.4, 0.5) is 0 Å². The van der Waals surface area contributed by atoms with Crippen molar-refractivity contribution in [2.75, 3.05) is 6.61 Å². The number of rotatable bonds is 5. The number of H-pyrrole nitrogens is 1. The van der Waals surface area contributed by atoms with E-state index in [1.807, 2.05) is 38.2 Å². The van der Waals surface area contributed by atoms with Crippen LogP contribution in [0, 0.1) is 19.8 Å². The number of aryl methyl sites for hydroxylation is 3. The van der Waals surface area contributed by atoms with Crippen molar-refractivity contribution in [3.05, 3.63) is 64.9 Å². The molecule has 166 valence electrons. The summed E-state index contributed by atoms with van der Waals surface area (Å²) in [7, 11) is 1.76. The number of nitrogens with one attached hydrogen (secondary N) is 1. The molecular weight excluding hydrogens is 416 g/mol. The van der Waals surface area contributed by atoms with Crippen LogP contribution in [0.2, 0.25) is 0 Å². The molecule has 0 radical (unpaired) electrons. The standard InChI is InChI=1S/C25H24N6O2/c1-14-24(29-15(2)28-14)31-23-20-9-17(6-7-21(20)27-12-22(23)30(3)25(31)32)18-8-19(11-26-10-18)33-13-16-4-5-16/h6-12,16H,4-5,13H2,1-3H3,(H,28,29). The fraction of sp³-hybridized carbons (Fsp3) is 0.280. The second-order valence-corrected chi connectivity index (χ2v) is 8.84. The number of aromatic amines is 1. The van der Waals surface area contributed by atoms with E-state index in [1.165, 1.54) is 12.8 Å². The van der Waals surface area contributed by atoms with E-state index < -0.39 is 0 Å². The van der Waals surface area contributed by atoms with Crippen LogP contribution in [-0.2, 0) is 7.05 Å². The molecule has 0 amide bonds. The monoisotopic (exact) mass is 440 g/mol. The zero-order chi connectivity index (χ0) is 22.7. The van der Waals surface area contributed by atoms with E-state index in [4.69, 9.17) is 4.74 Å². The Labute approximate surface area is 189 Å². The highest BCUT2D eigenvalue weighted by atomic mass is 16.5. The molecule has 33 heavy (non-hydrogen) atoms. The molecule has 8 nitrogen and oxygen atoms in total. The maximum Gasteiger partial charge on any atom is 0.334 e. The number of imidazole rings is 2. The van der Waals surface area contributed by atoms with E-state index in [0.717, 1.165) is 56.9 Å². The van der Waals surface area contributed by atoms with Gasteiger partial charge in [-0.2, -0.15) is 0 Å². The van der Waals surface area contributed by atoms with Crippen molar-refractivity contribution in [2.24, 2.45) is 13.0 Å². The first-order valence-corrected chi connectivity index (χ1v) is 11.1. The summed E-state index contributed by atoms with van der Waals surface area (Å²) in [6.45, 7) is 4.55. The lowest BCUT2D eigenvalue weighted by Crippen LogP contribution is -2.21. The van der Waals surface area contributed by atoms with Gasteiger partial charge in [0.2, 0.25) is 0 Å². The fourth-order valence-corrected chi connectivity index (χ4v) is 4.34. The number of aromatic nitrogens is 6. The van der Waals surface area contributed by atoms with Gasteiger partial charge in [0.1, 0.15) is 11.6 Å². The average Bonchev–Trinajstić information content (AvgIpc) is 3.55. The SMILES string of the molecule is Cc1nc(-n2c(=O)n(C)c3cnc4ccc(-c5cncc(OCC6CC6)c5)cc4c32)c(C)[nH]1. The summed E-state index contributed by atoms with van der Waals surface area (Å²) in [5.41, 5.74) is 4.98. The van der Waals surface area contributed by atoms with Gasteiger partial charge in [-0.15, -0.1) is 0 Å². The minimum atomic E-state index is -0.156. The summed E-state index contributed by atoms with van der Waals surface area (Å²) in [4.78, 5) is 30.0. The summed E-state index contributed by atoms with van der Waals surface area (Å²) in [5, 5.41) is 0.882. The third kappa shape index (κ3) is 3.29. The summed E-state index contributed by atoms with van der Waals surface area (Å²) >= 11 is 0. The van der Waals surface area contributed by atoms with E-state index in [2.05, 4.69) is 26.0 Å². The van der Waals surface area contributed by atoms with Crippen molar-refractivity contribution in [2.45, 2.75) is 26.7 Å². The molecule has 4 aromatic heterocycles. The fourth-order valence-electron chi connectivity index (χ4n) is 4.34. The highest BCUT2D eigenvalue weighted by Gasteiger charge is 2.22. The van der Waals surface area contributed by atoms with Crippen LogP contribution in [0.5, 0.6) is 5.75 Å². The average molecular weight is 441 g/mol. The quantitative estimate of drug-likeness (QED) is 0.445. The van der Waals surface area contributed by atoms with Gasteiger partial charge in [0.25, 0.3) is 0 Å². The van der Waals surface area contributed by atoms with Crippen LogP contribution in [0.1, 0.15) is 24.4 Å². The maximum absolute atomic E-state index is 13.2. The van der Waals surface area contributed by atoms with Gasteiger partial charge in [-0.05, 0) is 56.4 Å². The molecule has 4 heterocycles. The second kappa shape index (κ2) is 7.30. The van der Waals surface area contributed by atoms with Gasteiger partial charge in [0.15, 0.2) is 5.82 Å². The summed E-state index contributed by atoms with van der Waals surface area (Å²) < 4.78 is 9.22. The first kappa shape index (κ1) is 19.7. The zero-order valence-corrected chi connectivity index (χ0v) is 18.8. The number of fused-ring (bicyclic) bond motifs is 3. The van der Waals surface area contributed by atoms with Crippen LogP contribution in [0.15, 0.2) is 47.7 Å². The van der Waals surface area contributed by atoms with Crippen molar-refractivity contribution in [3.63, 3.8) is 0 Å². The lowest BCUT2D eigenvalue weighted by Gasteiger charge is -2.09. The highest BCUT2D eigenvalue weighted by molar-refractivity contribution is 6.04. The molecule has 1 saturated carbocycles. The van der Waals surface area contributed by atoms with E-state index >= 15 is 0 Å². The highest BCUT2D eigenvalue weighted by Crippen LogP contribution is 2.32. The molecule has 0 saturated heterocycles. The van der Waals surface area contributed by atoms with Crippen LogP contribution < -0.4 is 10.4 Å². The molecule has 1 aliphatic carbocycles. The van der Waals surface area contributed by atoms with E-state index in [0.29, 0.717) is 11.7 Å². The second-order valence-electron chi connectivity index (χ2n) is 8.84. The van der Waals surface area contributed by atoms with Crippen LogP contribution in [0.25, 0.3) is 38.9 Å². The molecule has 1 aliphatic rings. The lowest BCUT2D eigenvalue weighted by atomic mass is 10.0. The largest absolute Gasteiger partial charge is 0.492 e. The minimum absolute atomic E-state index is 0.156. The van der Waals surface area contributed by atoms with Gasteiger partial charge in [-0.25, -0.2) is 14.3 Å². The van der Waals surface area contributed by atoms with E-state index in [-0.39, 0.29) is 5.69 Å². The van der Waals surface area contributed by atoms with Crippen molar-refractivity contribution in [3.8, 4) is 22.7 Å². The Morgan fingerprint density at radius 2 is 1.97 bits per heavy atom. The number of nitrogens with zero attached hydrogens (tertiary/aromatic N) is 5. The summed E-state index contributed by atoms with van der Waals surface area (Å²) in [6.07, 6.45) is 7.82. The lowest BCUT2D eigenvalue weighted by molar-refractivity contribution is 0.299. The Morgan fingerprint density at radius 1 is 1.12 bits per heavy atom. The van der Waals surface area contributed by atoms with Crippen molar-refractivity contribution < 1.29 is 4.74 Å². The molecule has 0 bridgehead atoms. The van der Waals surface area contributed by atoms with E-state index in [1.54, 1.807) is 28.6 Å². The molecule has 0 spiro atoms. The zero-order valence-electron chi connectivity index (χ0n) is 18.8. The number of hydrogen-bond donors (Lipinski definition) is 1. The number of ether oxygens (including phenoxy) is 1. The van der Waals surface area contributed by atoms with Gasteiger partial charge in [-0.3, -0.25) is 14.5 Å². The predicted octanol–water partition coefficient (Wildman–Crippen LogP) is 4.07. The minimum Gasteiger partial charge on any atom is -0.492 e. The van der Waals surface area contributed by atoms with E-state index in [9.17, 15) is 4.79 Å². The number of pyridine rings is 2. The van der Waals surface area contributed by atoms with Gasteiger partial charge >= 0.3 is 5.69 Å². The first-order chi connectivity index (χ1) is 16.0. The van der Waals surface area contributed by atoms with Crippen LogP contribution in [-0.4, -0.2) is 35.7 Å². The molecule has 0 unspecified atom stereocenters. The third-order valence-electron chi connectivity index (χ3n) is 6.30. The van der Waals surface area contributed by atoms with Gasteiger partial charge in [-0.1, -0.05) is 6.07 Å². The van der Waals surface area contributed by atoms with Gasteiger partial charge < -0.3 is 9.72 Å². The molecule has 0 aliphatic heterocycles. The Morgan fingerprint density at radius 3 is 2.73 bits per heavy atom. The molecule has 1 fully saturated rings. The van der Waals surface area contributed by atoms with Crippen molar-refractivity contribution >= 4 is 21.9 Å². The molecular formula is C25H24N6O2. The first-order valence-electron chi connectivity index (χ1n) is 11.1. The number of benzene rings is 1. The normalized spacial score (nSPS) is 13.8. The Hall–Kier alpha value is -3.94. The molecule has 8 heteroatoms. The predicted molar refractivity (Wildman–Crippen MR) is 127 cm³/mol. The van der Waals surface area contributed by atoms with Gasteiger partial charge in [0, 0.05) is 24.2 Å².